The molecule has 0 saturated carbocycles. The molecule has 0 radical (unpaired) electrons. The Morgan fingerprint density at radius 2 is 2.40 bits per heavy atom. The van der Waals surface area contributed by atoms with Gasteiger partial charge in [-0.25, -0.2) is 0 Å². The molecule has 0 aromatic heterocycles. The van der Waals surface area contributed by atoms with E-state index in [0.717, 1.165) is 0 Å². The van der Waals surface area contributed by atoms with Crippen LogP contribution in [0.4, 0.5) is 0 Å². The molecule has 0 spiro atoms. The largest absolute Gasteiger partial charge is 0.507 e. The van der Waals surface area contributed by atoms with E-state index in [9.17, 15) is 5.11 Å². The number of halogens is 1. The first-order chi connectivity index (χ1) is 7.13. The highest BCUT2D eigenvalue weighted by Gasteiger charge is 2.01. The van der Waals surface area contributed by atoms with E-state index in [0.29, 0.717) is 15.8 Å². The summed E-state index contributed by atoms with van der Waals surface area (Å²) in [6.45, 7) is 0. The van der Waals surface area contributed by atoms with Crippen LogP contribution in [0.1, 0.15) is 5.56 Å². The number of nitrogens with one attached hydrogen (secondary N) is 1. The smallest absolute Gasteiger partial charge is 0.225 e. The second-order valence-corrected chi connectivity index (χ2v) is 3.89. The van der Waals surface area contributed by atoms with E-state index in [4.69, 9.17) is 17.3 Å². The van der Waals surface area contributed by atoms with Crippen LogP contribution in [-0.2, 0) is 0 Å². The highest BCUT2D eigenvalue weighted by atomic mass is 35.5. The number of benzene rings is 1. The second kappa shape index (κ2) is 5.63. The average molecular weight is 245 g/mol. The molecule has 0 fully saturated rings. The maximum Gasteiger partial charge on any atom is 0.225 e. The molecule has 0 atom stereocenters. The lowest BCUT2D eigenvalue weighted by Crippen LogP contribution is -2.62. The van der Waals surface area contributed by atoms with Gasteiger partial charge in [0.25, 0.3) is 0 Å². The Morgan fingerprint density at radius 1 is 1.67 bits per heavy atom. The lowest BCUT2D eigenvalue weighted by atomic mass is 10.2. The van der Waals surface area contributed by atoms with Gasteiger partial charge in [0.2, 0.25) is 11.4 Å². The molecule has 0 aliphatic heterocycles. The fraction of sp³-hybridized carbons (Fsp3) is 0.111. The van der Waals surface area contributed by atoms with Gasteiger partial charge in [0.1, 0.15) is 5.75 Å². The van der Waals surface area contributed by atoms with E-state index in [1.165, 1.54) is 24.0 Å². The Hall–Kier alpha value is -1.20. The minimum atomic E-state index is 0.129. The summed E-state index contributed by atoms with van der Waals surface area (Å²) in [5.74, 6) is 0.129. The molecule has 0 amide bonds. The van der Waals surface area contributed by atoms with Gasteiger partial charge in [0.15, 0.2) is 0 Å². The zero-order valence-corrected chi connectivity index (χ0v) is 9.64. The number of nitrogens with zero attached hydrogens (tertiary/aromatic N) is 1. The molecular weight excluding hydrogens is 234 g/mol. The van der Waals surface area contributed by atoms with Crippen LogP contribution in [0.25, 0.3) is 0 Å². The third kappa shape index (κ3) is 3.81. The molecule has 0 aliphatic rings. The summed E-state index contributed by atoms with van der Waals surface area (Å²) in [5, 5.41) is 16.8. The van der Waals surface area contributed by atoms with Gasteiger partial charge in [-0.05, 0) is 24.5 Å². The highest BCUT2D eigenvalue weighted by molar-refractivity contribution is 8.13. The summed E-state index contributed by atoms with van der Waals surface area (Å²) < 4.78 is 0. The van der Waals surface area contributed by atoms with Gasteiger partial charge >= 0.3 is 0 Å². The zero-order valence-electron chi connectivity index (χ0n) is 8.07. The Kier molecular flexibility index (Phi) is 4.45. The van der Waals surface area contributed by atoms with Crippen molar-refractivity contribution >= 4 is 34.7 Å². The number of phenols is 1. The van der Waals surface area contributed by atoms with Gasteiger partial charge in [0.05, 0.1) is 5.56 Å². The normalized spacial score (nSPS) is 12.3. The molecule has 0 bridgehead atoms. The molecule has 80 valence electrons. The van der Waals surface area contributed by atoms with Gasteiger partial charge in [-0.3, -0.25) is 0 Å². The molecule has 1 aromatic rings. The van der Waals surface area contributed by atoms with E-state index in [2.05, 4.69) is 10.2 Å². The number of thioether (sulfide) groups is 1. The first kappa shape index (κ1) is 11.9. The monoisotopic (exact) mass is 244 g/mol. The van der Waals surface area contributed by atoms with Gasteiger partial charge in [-0.1, -0.05) is 23.4 Å². The number of phenolic OH excluding ortho intramolecular Hbond substituents is 1. The number of hydrogen-bond donors (Lipinski definition) is 3. The minimum absolute atomic E-state index is 0.129. The van der Waals surface area contributed by atoms with Crippen LogP contribution in [0, 0.1) is 0 Å². The van der Waals surface area contributed by atoms with Crippen molar-refractivity contribution in [2.45, 2.75) is 0 Å². The van der Waals surface area contributed by atoms with Crippen molar-refractivity contribution in [2.24, 2.45) is 10.8 Å². The highest BCUT2D eigenvalue weighted by Crippen LogP contribution is 2.18. The zero-order chi connectivity index (χ0) is 11.3. The van der Waals surface area contributed by atoms with Crippen LogP contribution >= 0.6 is 23.4 Å². The predicted octanol–water partition coefficient (Wildman–Crippen LogP) is 0.138. The summed E-state index contributed by atoms with van der Waals surface area (Å²) >= 11 is 7.09. The Bertz CT molecular complexity index is 406. The summed E-state index contributed by atoms with van der Waals surface area (Å²) in [7, 11) is 0. The van der Waals surface area contributed by atoms with E-state index in [1.54, 1.807) is 12.1 Å². The Morgan fingerprint density at radius 3 is 3.07 bits per heavy atom. The first-order valence-corrected chi connectivity index (χ1v) is 5.68. The number of amidine groups is 1. The van der Waals surface area contributed by atoms with E-state index in [1.807, 2.05) is 6.26 Å². The lowest BCUT2D eigenvalue weighted by molar-refractivity contribution is -0.456. The molecule has 1 aromatic carbocycles. The number of aromatic hydroxyl groups is 1. The van der Waals surface area contributed by atoms with Crippen LogP contribution in [0.3, 0.4) is 0 Å². The molecule has 4 nitrogen and oxygen atoms in total. The maximum atomic E-state index is 9.44. The Labute approximate surface area is 96.8 Å². The third-order valence-corrected chi connectivity index (χ3v) is 2.34. The van der Waals surface area contributed by atoms with E-state index < -0.39 is 0 Å². The summed E-state index contributed by atoms with van der Waals surface area (Å²) in [6, 6.07) is 4.74. The van der Waals surface area contributed by atoms with Crippen LogP contribution in [0.5, 0.6) is 5.75 Å². The first-order valence-electron chi connectivity index (χ1n) is 4.08. The average Bonchev–Trinajstić information content (AvgIpc) is 2.23. The molecule has 4 N–H and O–H groups in total. The lowest BCUT2D eigenvalue weighted by Gasteiger charge is -1.94. The van der Waals surface area contributed by atoms with Crippen molar-refractivity contribution in [3.05, 3.63) is 28.8 Å². The standard InChI is InChI=1S/C9H10ClN3OS/c1-15-9(11)13-12-5-6-4-7(10)2-3-8(6)14/h2-5,14H,1H3,(H2,11,13)/p+1/b12-5+. The van der Waals surface area contributed by atoms with Gasteiger partial charge in [-0.15, -0.1) is 5.10 Å². The SMILES string of the molecule is CSC(N)=N/[NH+]=C/c1cc(Cl)ccc1O. The molecule has 0 aliphatic carbocycles. The van der Waals surface area contributed by atoms with Crippen molar-refractivity contribution in [2.75, 3.05) is 6.26 Å². The fourth-order valence-electron chi connectivity index (χ4n) is 0.852. The number of rotatable bonds is 2. The van der Waals surface area contributed by atoms with Gasteiger partial charge < -0.3 is 10.8 Å². The van der Waals surface area contributed by atoms with Crippen molar-refractivity contribution < 1.29 is 10.2 Å². The molecule has 0 saturated heterocycles. The summed E-state index contributed by atoms with van der Waals surface area (Å²) in [6.07, 6.45) is 3.33. The minimum Gasteiger partial charge on any atom is -0.507 e. The van der Waals surface area contributed by atoms with Crippen LogP contribution in [0.15, 0.2) is 23.3 Å². The summed E-state index contributed by atoms with van der Waals surface area (Å²) in [4.78, 5) is 0. The van der Waals surface area contributed by atoms with Crippen LogP contribution in [0.2, 0.25) is 5.02 Å². The maximum absolute atomic E-state index is 9.44. The van der Waals surface area contributed by atoms with E-state index in [-0.39, 0.29) is 5.75 Å². The molecule has 15 heavy (non-hydrogen) atoms. The molecule has 0 unspecified atom stereocenters. The molecular formula is C9H11ClN3OS+. The molecule has 6 heteroatoms. The number of hydrogen-bond acceptors (Lipinski definition) is 3. The van der Waals surface area contributed by atoms with Crippen molar-refractivity contribution in [1.82, 2.24) is 0 Å². The van der Waals surface area contributed by atoms with Crippen LogP contribution < -0.4 is 10.8 Å². The number of hydrazone groups is 1. The van der Waals surface area contributed by atoms with Gasteiger partial charge in [-0.2, -0.15) is 0 Å². The topological polar surface area (TPSA) is 72.6 Å². The van der Waals surface area contributed by atoms with E-state index >= 15 is 0 Å². The third-order valence-electron chi connectivity index (χ3n) is 1.59. The van der Waals surface area contributed by atoms with Crippen LogP contribution in [-0.4, -0.2) is 22.7 Å². The van der Waals surface area contributed by atoms with Gasteiger partial charge in [0, 0.05) is 10.1 Å². The summed E-state index contributed by atoms with van der Waals surface area (Å²) in [5.41, 5.74) is 6.00. The second-order valence-electron chi connectivity index (χ2n) is 2.63. The number of nitrogens with two attached hydrogens (primary N) is 1. The van der Waals surface area contributed by atoms with Crippen molar-refractivity contribution in [3.63, 3.8) is 0 Å². The quantitative estimate of drug-likeness (QED) is 0.394. The van der Waals surface area contributed by atoms with Crippen molar-refractivity contribution in [1.29, 1.82) is 0 Å². The fourth-order valence-corrected chi connectivity index (χ4v) is 1.18. The van der Waals surface area contributed by atoms with Crippen molar-refractivity contribution in [3.8, 4) is 5.75 Å². The predicted molar refractivity (Wildman–Crippen MR) is 64.4 cm³/mol. The molecule has 0 heterocycles. The Balaban J connectivity index is 2.84. The molecule has 1 rings (SSSR count).